The Morgan fingerprint density at radius 2 is 1.84 bits per heavy atom. The van der Waals surface area contributed by atoms with E-state index < -0.39 is 11.7 Å². The fourth-order valence-corrected chi connectivity index (χ4v) is 5.41. The summed E-state index contributed by atoms with van der Waals surface area (Å²) in [5.74, 6) is -0.0827. The normalized spacial score (nSPS) is 14.8. The molecule has 1 saturated heterocycles. The second kappa shape index (κ2) is 10.5. The average molecular weight is 526 g/mol. The number of carbonyl (C=O) groups is 1. The highest BCUT2D eigenvalue weighted by atomic mass is 32.1. The van der Waals surface area contributed by atoms with Gasteiger partial charge in [-0.25, -0.2) is 4.98 Å². The number of rotatable bonds is 7. The molecule has 1 amide bonds. The van der Waals surface area contributed by atoms with Crippen LogP contribution in [0, 0.1) is 0 Å². The number of carbonyl (C=O) groups excluding carboxylic acids is 1. The molecule has 2 aromatic heterocycles. The molecule has 1 aliphatic rings. The topological polar surface area (TPSA) is 84.1 Å². The molecular weight excluding hydrogens is 499 g/mol. The van der Waals surface area contributed by atoms with Crippen LogP contribution in [-0.4, -0.2) is 46.5 Å². The van der Waals surface area contributed by atoms with Crippen LogP contribution >= 0.6 is 11.3 Å². The van der Waals surface area contributed by atoms with Crippen LogP contribution in [0.25, 0.3) is 21.2 Å². The van der Waals surface area contributed by atoms with E-state index in [0.29, 0.717) is 23.8 Å². The van der Waals surface area contributed by atoms with Crippen molar-refractivity contribution >= 4 is 33.1 Å². The van der Waals surface area contributed by atoms with Crippen molar-refractivity contribution in [3.8, 4) is 10.4 Å². The zero-order valence-corrected chi connectivity index (χ0v) is 20.8. The van der Waals surface area contributed by atoms with Crippen LogP contribution in [0.1, 0.15) is 34.5 Å². The van der Waals surface area contributed by atoms with Crippen molar-refractivity contribution in [3.05, 3.63) is 77.7 Å². The number of nitrogens with two attached hydrogens (primary N) is 1. The summed E-state index contributed by atoms with van der Waals surface area (Å²) >= 11 is 1.40. The molecule has 1 aliphatic heterocycles. The van der Waals surface area contributed by atoms with Crippen molar-refractivity contribution < 1.29 is 18.0 Å². The van der Waals surface area contributed by atoms with Crippen molar-refractivity contribution in [2.24, 2.45) is 5.73 Å². The number of nitrogens with one attached hydrogen (secondary N) is 1. The summed E-state index contributed by atoms with van der Waals surface area (Å²) in [5.41, 5.74) is 7.62. The van der Waals surface area contributed by atoms with E-state index in [0.717, 1.165) is 64.8 Å². The third-order valence-corrected chi connectivity index (χ3v) is 7.48. The van der Waals surface area contributed by atoms with E-state index >= 15 is 0 Å². The highest BCUT2D eigenvalue weighted by Crippen LogP contribution is 2.36. The predicted octanol–water partition coefficient (Wildman–Crippen LogP) is 5.60. The number of nitrogens with zero attached hydrogens (tertiary/aromatic N) is 3. The molecule has 2 aromatic carbocycles. The molecule has 1 atom stereocenters. The number of likely N-dealkylation sites (tertiary alicyclic amines) is 1. The zero-order valence-electron chi connectivity index (χ0n) is 20.0. The monoisotopic (exact) mass is 525 g/mol. The van der Waals surface area contributed by atoms with Crippen LogP contribution in [0.15, 0.2) is 60.9 Å². The number of alkyl halides is 3. The van der Waals surface area contributed by atoms with Crippen LogP contribution in [0.2, 0.25) is 0 Å². The van der Waals surface area contributed by atoms with Crippen molar-refractivity contribution in [1.82, 2.24) is 14.9 Å². The summed E-state index contributed by atoms with van der Waals surface area (Å²) in [6, 6.07) is 12.6. The number of hydrogen-bond acceptors (Lipinski definition) is 6. The molecule has 6 nitrogen and oxygen atoms in total. The molecule has 4 aromatic rings. The number of anilines is 1. The van der Waals surface area contributed by atoms with E-state index in [1.165, 1.54) is 23.5 Å². The standard InChI is InChI=1S/C27H26F3N5OS/c28-27(29,30)21-7-3-17(4-8-21)13-22(31)16-33-26-34-23(25(36)35-11-1-2-12-35)24(37-26)19-5-6-20-15-32-10-9-18(20)14-19/h3-10,14-15,22H,1-2,11-13,16,31H2,(H,33,34)/t22-/m0/s1. The van der Waals surface area contributed by atoms with Gasteiger partial charge >= 0.3 is 6.18 Å². The summed E-state index contributed by atoms with van der Waals surface area (Å²) in [6.07, 6.45) is 1.54. The third kappa shape index (κ3) is 5.75. The van der Waals surface area contributed by atoms with Gasteiger partial charge in [0, 0.05) is 43.5 Å². The fourth-order valence-electron chi connectivity index (χ4n) is 4.45. The highest BCUT2D eigenvalue weighted by Gasteiger charge is 2.30. The zero-order chi connectivity index (χ0) is 26.0. The molecule has 0 bridgehead atoms. The molecule has 10 heteroatoms. The van der Waals surface area contributed by atoms with Gasteiger partial charge in [0.15, 0.2) is 5.13 Å². The van der Waals surface area contributed by atoms with Crippen LogP contribution in [0.5, 0.6) is 0 Å². The number of amides is 1. The molecule has 0 spiro atoms. The number of halogens is 3. The summed E-state index contributed by atoms with van der Waals surface area (Å²) in [6.45, 7) is 1.80. The maximum atomic E-state index is 13.3. The Morgan fingerprint density at radius 1 is 1.08 bits per heavy atom. The molecule has 1 fully saturated rings. The molecule has 0 saturated carbocycles. The number of benzene rings is 2. The van der Waals surface area contributed by atoms with Gasteiger partial charge in [-0.1, -0.05) is 35.6 Å². The van der Waals surface area contributed by atoms with E-state index in [2.05, 4.69) is 15.3 Å². The van der Waals surface area contributed by atoms with Gasteiger partial charge in [-0.3, -0.25) is 9.78 Å². The summed E-state index contributed by atoms with van der Waals surface area (Å²) in [7, 11) is 0. The molecule has 3 heterocycles. The van der Waals surface area contributed by atoms with Crippen molar-refractivity contribution in [2.45, 2.75) is 31.5 Å². The third-order valence-electron chi connectivity index (χ3n) is 6.42. The maximum absolute atomic E-state index is 13.3. The van der Waals surface area contributed by atoms with Crippen LogP contribution < -0.4 is 11.1 Å². The first-order valence-corrected chi connectivity index (χ1v) is 12.9. The minimum atomic E-state index is -4.36. The summed E-state index contributed by atoms with van der Waals surface area (Å²) < 4.78 is 38.4. The number of aromatic nitrogens is 2. The molecule has 37 heavy (non-hydrogen) atoms. The van der Waals surface area contributed by atoms with E-state index in [1.807, 2.05) is 29.2 Å². The number of fused-ring (bicyclic) bond motifs is 1. The van der Waals surface area contributed by atoms with Gasteiger partial charge in [-0.05, 0) is 60.0 Å². The lowest BCUT2D eigenvalue weighted by atomic mass is 10.0. The van der Waals surface area contributed by atoms with E-state index in [4.69, 9.17) is 5.73 Å². The van der Waals surface area contributed by atoms with Gasteiger partial charge in [0.05, 0.1) is 10.4 Å². The molecule has 0 unspecified atom stereocenters. The summed E-state index contributed by atoms with van der Waals surface area (Å²) in [5, 5.41) is 5.85. The van der Waals surface area contributed by atoms with E-state index in [-0.39, 0.29) is 11.9 Å². The lowest BCUT2D eigenvalue weighted by Crippen LogP contribution is -2.31. The van der Waals surface area contributed by atoms with Gasteiger partial charge in [0.1, 0.15) is 5.69 Å². The van der Waals surface area contributed by atoms with Gasteiger partial charge in [0.25, 0.3) is 5.91 Å². The minimum absolute atomic E-state index is 0.0827. The minimum Gasteiger partial charge on any atom is -0.360 e. The Kier molecular flexibility index (Phi) is 7.12. The Labute approximate surface area is 216 Å². The maximum Gasteiger partial charge on any atom is 0.416 e. The number of hydrogen-bond donors (Lipinski definition) is 2. The predicted molar refractivity (Wildman–Crippen MR) is 140 cm³/mol. The molecule has 5 rings (SSSR count). The Bertz CT molecular complexity index is 1400. The van der Waals surface area contributed by atoms with Crippen LogP contribution in [-0.2, 0) is 12.6 Å². The number of pyridine rings is 1. The first-order valence-electron chi connectivity index (χ1n) is 12.1. The highest BCUT2D eigenvalue weighted by molar-refractivity contribution is 7.19. The molecule has 192 valence electrons. The Hall–Kier alpha value is -3.50. The van der Waals surface area contributed by atoms with Gasteiger partial charge in [0.2, 0.25) is 0 Å². The smallest absolute Gasteiger partial charge is 0.360 e. The fraction of sp³-hybridized carbons (Fsp3) is 0.296. The second-order valence-corrected chi connectivity index (χ2v) is 10.2. The first-order chi connectivity index (χ1) is 17.8. The lowest BCUT2D eigenvalue weighted by molar-refractivity contribution is -0.137. The average Bonchev–Trinajstić information content (AvgIpc) is 3.57. The molecule has 0 aliphatic carbocycles. The Balaban J connectivity index is 1.34. The van der Waals surface area contributed by atoms with Gasteiger partial charge in [-0.15, -0.1) is 0 Å². The molecular formula is C27H26F3N5OS. The second-order valence-electron chi connectivity index (χ2n) is 9.17. The SMILES string of the molecule is N[C@H](CNc1nc(C(=O)N2CCCC2)c(-c2ccc3cnccc3c2)s1)Cc1ccc(C(F)(F)F)cc1. The number of thiazole rings is 1. The van der Waals surface area contributed by atoms with E-state index in [1.54, 1.807) is 12.4 Å². The van der Waals surface area contributed by atoms with Crippen LogP contribution in [0.3, 0.4) is 0 Å². The Morgan fingerprint density at radius 3 is 2.57 bits per heavy atom. The quantitative estimate of drug-likeness (QED) is 0.328. The molecule has 3 N–H and O–H groups in total. The summed E-state index contributed by atoms with van der Waals surface area (Å²) in [4.78, 5) is 24.8. The van der Waals surface area contributed by atoms with Crippen LogP contribution in [0.4, 0.5) is 18.3 Å². The van der Waals surface area contributed by atoms with Crippen molar-refractivity contribution in [2.75, 3.05) is 25.0 Å². The van der Waals surface area contributed by atoms with Crippen molar-refractivity contribution in [1.29, 1.82) is 0 Å². The van der Waals surface area contributed by atoms with Gasteiger partial charge in [-0.2, -0.15) is 13.2 Å². The van der Waals surface area contributed by atoms with Gasteiger partial charge < -0.3 is 16.0 Å². The van der Waals surface area contributed by atoms with Crippen molar-refractivity contribution in [3.63, 3.8) is 0 Å². The lowest BCUT2D eigenvalue weighted by Gasteiger charge is -2.14. The van der Waals surface area contributed by atoms with E-state index in [9.17, 15) is 18.0 Å². The largest absolute Gasteiger partial charge is 0.416 e. The first kappa shape index (κ1) is 25.2. The molecule has 0 radical (unpaired) electrons.